The number of amides is 1. The van der Waals surface area contributed by atoms with E-state index < -0.39 is 0 Å². The number of rotatable bonds is 4. The number of hydrogen-bond donors (Lipinski definition) is 2. The van der Waals surface area contributed by atoms with Crippen LogP contribution >= 0.6 is 0 Å². The maximum atomic E-state index is 12.2. The van der Waals surface area contributed by atoms with Gasteiger partial charge in [-0.1, -0.05) is 17.7 Å². The van der Waals surface area contributed by atoms with Crippen molar-refractivity contribution in [3.05, 3.63) is 28.8 Å². The van der Waals surface area contributed by atoms with Gasteiger partial charge in [0.2, 0.25) is 5.91 Å². The minimum absolute atomic E-state index is 0.000373. The molecule has 1 fully saturated rings. The van der Waals surface area contributed by atoms with Crippen molar-refractivity contribution in [2.75, 3.05) is 25.0 Å². The summed E-state index contributed by atoms with van der Waals surface area (Å²) in [6, 6.07) is 4.30. The molecule has 1 aliphatic heterocycles. The Balaban J connectivity index is 2.01. The first-order valence-electron chi connectivity index (χ1n) is 7.24. The maximum absolute atomic E-state index is 12.2. The first kappa shape index (κ1) is 15.0. The third-order valence-electron chi connectivity index (χ3n) is 4.00. The predicted molar refractivity (Wildman–Crippen MR) is 81.0 cm³/mol. The van der Waals surface area contributed by atoms with Gasteiger partial charge in [0.25, 0.3) is 0 Å². The van der Waals surface area contributed by atoms with Crippen LogP contribution in [0, 0.1) is 20.8 Å². The number of aryl methyl sites for hydroxylation is 3. The van der Waals surface area contributed by atoms with E-state index in [2.05, 4.69) is 29.3 Å². The molecule has 20 heavy (non-hydrogen) atoms. The van der Waals surface area contributed by atoms with Crippen LogP contribution in [0.3, 0.4) is 0 Å². The molecule has 1 aromatic rings. The Morgan fingerprint density at radius 2 is 2.00 bits per heavy atom. The van der Waals surface area contributed by atoms with Crippen molar-refractivity contribution >= 4 is 11.6 Å². The van der Waals surface area contributed by atoms with E-state index in [1.165, 1.54) is 5.56 Å². The molecule has 0 saturated carbocycles. The van der Waals surface area contributed by atoms with Crippen LogP contribution < -0.4 is 5.32 Å². The van der Waals surface area contributed by atoms with Crippen LogP contribution in [-0.4, -0.2) is 41.7 Å². The Morgan fingerprint density at radius 3 is 2.60 bits per heavy atom. The number of nitrogens with zero attached hydrogens (tertiary/aromatic N) is 1. The van der Waals surface area contributed by atoms with Gasteiger partial charge in [0.1, 0.15) is 0 Å². The maximum Gasteiger partial charge on any atom is 0.238 e. The number of aliphatic hydroxyl groups is 1. The molecule has 1 heterocycles. The summed E-state index contributed by atoms with van der Waals surface area (Å²) in [6.45, 7) is 7.48. The first-order chi connectivity index (χ1) is 9.51. The Kier molecular flexibility index (Phi) is 4.78. The van der Waals surface area contributed by atoms with Gasteiger partial charge in [0.15, 0.2) is 0 Å². The van der Waals surface area contributed by atoms with Gasteiger partial charge < -0.3 is 10.4 Å². The van der Waals surface area contributed by atoms with Gasteiger partial charge in [-0.25, -0.2) is 0 Å². The monoisotopic (exact) mass is 276 g/mol. The number of hydrogen-bond acceptors (Lipinski definition) is 3. The molecule has 2 N–H and O–H groups in total. The summed E-state index contributed by atoms with van der Waals surface area (Å²) in [6.07, 6.45) is 2.04. The summed E-state index contributed by atoms with van der Waals surface area (Å²) in [5.41, 5.74) is 4.31. The van der Waals surface area contributed by atoms with E-state index in [4.69, 9.17) is 0 Å². The number of likely N-dealkylation sites (tertiary alicyclic amines) is 1. The van der Waals surface area contributed by atoms with E-state index >= 15 is 0 Å². The fraction of sp³-hybridized carbons (Fsp3) is 0.562. The summed E-state index contributed by atoms with van der Waals surface area (Å²) in [4.78, 5) is 14.2. The fourth-order valence-electron chi connectivity index (χ4n) is 3.05. The zero-order valence-corrected chi connectivity index (χ0v) is 12.6. The third kappa shape index (κ3) is 3.38. The molecule has 1 saturated heterocycles. The lowest BCUT2D eigenvalue weighted by molar-refractivity contribution is -0.117. The third-order valence-corrected chi connectivity index (χ3v) is 4.00. The Hall–Kier alpha value is -1.39. The van der Waals surface area contributed by atoms with Gasteiger partial charge in [-0.05, 0) is 51.3 Å². The molecule has 4 nitrogen and oxygen atoms in total. The van der Waals surface area contributed by atoms with Gasteiger partial charge >= 0.3 is 0 Å². The number of carbonyl (C=O) groups is 1. The SMILES string of the molecule is Cc1cc(C)c(NC(=O)CN2CCC[C@@H]2CO)c(C)c1. The van der Waals surface area contributed by atoms with Crippen molar-refractivity contribution in [2.45, 2.75) is 39.7 Å². The molecule has 0 unspecified atom stereocenters. The van der Waals surface area contributed by atoms with E-state index in [9.17, 15) is 9.90 Å². The van der Waals surface area contributed by atoms with Crippen LogP contribution in [0.5, 0.6) is 0 Å². The zero-order valence-electron chi connectivity index (χ0n) is 12.6. The lowest BCUT2D eigenvalue weighted by atomic mass is 10.1. The van der Waals surface area contributed by atoms with Crippen LogP contribution in [0.15, 0.2) is 12.1 Å². The van der Waals surface area contributed by atoms with Crippen LogP contribution in [-0.2, 0) is 4.79 Å². The summed E-state index contributed by atoms with van der Waals surface area (Å²) in [5, 5.41) is 12.3. The van der Waals surface area contributed by atoms with E-state index in [1.54, 1.807) is 0 Å². The van der Waals surface area contributed by atoms with Gasteiger partial charge in [0.05, 0.1) is 13.2 Å². The number of aliphatic hydroxyl groups excluding tert-OH is 1. The van der Waals surface area contributed by atoms with Crippen molar-refractivity contribution in [1.29, 1.82) is 0 Å². The lowest BCUT2D eigenvalue weighted by Crippen LogP contribution is -2.38. The molecule has 1 aromatic carbocycles. The minimum Gasteiger partial charge on any atom is -0.395 e. The molecule has 0 bridgehead atoms. The second kappa shape index (κ2) is 6.37. The molecule has 0 aliphatic carbocycles. The quantitative estimate of drug-likeness (QED) is 0.884. The van der Waals surface area contributed by atoms with E-state index in [1.807, 2.05) is 13.8 Å². The second-order valence-electron chi connectivity index (χ2n) is 5.77. The number of benzene rings is 1. The summed E-state index contributed by atoms with van der Waals surface area (Å²) >= 11 is 0. The summed E-state index contributed by atoms with van der Waals surface area (Å²) in [7, 11) is 0. The fourth-order valence-corrected chi connectivity index (χ4v) is 3.05. The van der Waals surface area contributed by atoms with Crippen LogP contribution in [0.2, 0.25) is 0 Å². The van der Waals surface area contributed by atoms with E-state index in [0.29, 0.717) is 6.54 Å². The molecule has 110 valence electrons. The van der Waals surface area contributed by atoms with Crippen LogP contribution in [0.4, 0.5) is 5.69 Å². The van der Waals surface area contributed by atoms with Gasteiger partial charge in [-0.3, -0.25) is 9.69 Å². The molecule has 4 heteroatoms. The first-order valence-corrected chi connectivity index (χ1v) is 7.24. The molecule has 1 amide bonds. The summed E-state index contributed by atoms with van der Waals surface area (Å²) in [5.74, 6) is 0.000373. The highest BCUT2D eigenvalue weighted by molar-refractivity contribution is 5.93. The number of carbonyl (C=O) groups excluding carboxylic acids is 1. The highest BCUT2D eigenvalue weighted by Gasteiger charge is 2.25. The molecule has 0 spiro atoms. The Morgan fingerprint density at radius 1 is 1.35 bits per heavy atom. The number of nitrogens with one attached hydrogen (secondary N) is 1. The van der Waals surface area contributed by atoms with Crippen LogP contribution in [0.1, 0.15) is 29.5 Å². The molecule has 1 atom stereocenters. The molecule has 1 aliphatic rings. The normalized spacial score (nSPS) is 19.3. The molecular formula is C16H24N2O2. The van der Waals surface area contributed by atoms with Crippen molar-refractivity contribution in [3.8, 4) is 0 Å². The molecule has 0 aromatic heterocycles. The van der Waals surface area contributed by atoms with Crippen LogP contribution in [0.25, 0.3) is 0 Å². The topological polar surface area (TPSA) is 52.6 Å². The van der Waals surface area contributed by atoms with E-state index in [-0.39, 0.29) is 18.6 Å². The average molecular weight is 276 g/mol. The predicted octanol–water partition coefficient (Wildman–Crippen LogP) is 2.01. The highest BCUT2D eigenvalue weighted by atomic mass is 16.3. The van der Waals surface area contributed by atoms with Gasteiger partial charge in [-0.15, -0.1) is 0 Å². The molecule has 2 rings (SSSR count). The highest BCUT2D eigenvalue weighted by Crippen LogP contribution is 2.22. The average Bonchev–Trinajstić information content (AvgIpc) is 2.81. The minimum atomic E-state index is 0.000373. The van der Waals surface area contributed by atoms with Crippen molar-refractivity contribution < 1.29 is 9.90 Å². The van der Waals surface area contributed by atoms with Crippen molar-refractivity contribution in [1.82, 2.24) is 4.90 Å². The van der Waals surface area contributed by atoms with Crippen molar-refractivity contribution in [2.24, 2.45) is 0 Å². The molecule has 0 radical (unpaired) electrons. The van der Waals surface area contributed by atoms with E-state index in [0.717, 1.165) is 36.2 Å². The lowest BCUT2D eigenvalue weighted by Gasteiger charge is -2.22. The van der Waals surface area contributed by atoms with Gasteiger partial charge in [0, 0.05) is 11.7 Å². The standard InChI is InChI=1S/C16H24N2O2/c1-11-7-12(2)16(13(3)8-11)17-15(20)9-18-6-4-5-14(18)10-19/h7-8,14,19H,4-6,9-10H2,1-3H3,(H,17,20)/t14-/m1/s1. The summed E-state index contributed by atoms with van der Waals surface area (Å²) < 4.78 is 0. The smallest absolute Gasteiger partial charge is 0.238 e. The van der Waals surface area contributed by atoms with Gasteiger partial charge in [-0.2, -0.15) is 0 Å². The zero-order chi connectivity index (χ0) is 14.7. The van der Waals surface area contributed by atoms with Crippen molar-refractivity contribution in [3.63, 3.8) is 0 Å². The Labute approximate surface area is 120 Å². The number of anilines is 1. The molecular weight excluding hydrogens is 252 g/mol. The second-order valence-corrected chi connectivity index (χ2v) is 5.77. The largest absolute Gasteiger partial charge is 0.395 e. The Bertz CT molecular complexity index is 476.